The first-order valence-corrected chi connectivity index (χ1v) is 5.41. The second-order valence-electron chi connectivity index (χ2n) is 4.80. The molecule has 2 fully saturated rings. The third-order valence-corrected chi connectivity index (χ3v) is 4.11. The zero-order chi connectivity index (χ0) is 11.9. The van der Waals surface area contributed by atoms with Gasteiger partial charge in [-0.25, -0.2) is 0 Å². The summed E-state index contributed by atoms with van der Waals surface area (Å²) in [6.45, 7) is 2.07. The molecule has 0 aromatic carbocycles. The van der Waals surface area contributed by atoms with E-state index in [0.717, 1.165) is 12.8 Å². The molecule has 16 heavy (non-hydrogen) atoms. The number of fused-ring (bicyclic) bond motifs is 2. The van der Waals surface area contributed by atoms with Crippen LogP contribution in [0.4, 0.5) is 0 Å². The van der Waals surface area contributed by atoms with Crippen molar-refractivity contribution in [1.82, 2.24) is 0 Å². The van der Waals surface area contributed by atoms with E-state index in [1.807, 2.05) is 0 Å². The summed E-state index contributed by atoms with van der Waals surface area (Å²) in [7, 11) is 9.79. The van der Waals surface area contributed by atoms with Gasteiger partial charge in [0.15, 0.2) is 0 Å². The van der Waals surface area contributed by atoms with Crippen molar-refractivity contribution in [2.75, 3.05) is 0 Å². The first-order chi connectivity index (χ1) is 7.60. The Hall–Kier alpha value is -0.930. The van der Waals surface area contributed by atoms with Crippen LogP contribution in [0.15, 0.2) is 0 Å². The molecule has 0 aromatic heterocycles. The van der Waals surface area contributed by atoms with Gasteiger partial charge in [0.05, 0.1) is 11.8 Å². The maximum absolute atomic E-state index is 11.6. The second-order valence-corrected chi connectivity index (χ2v) is 4.80. The van der Waals surface area contributed by atoms with Crippen LogP contribution < -0.4 is 0 Å². The number of hydrogen-bond acceptors (Lipinski definition) is 4. The molecule has 0 saturated heterocycles. The zero-order valence-corrected chi connectivity index (χ0v) is 9.09. The van der Waals surface area contributed by atoms with Crippen molar-refractivity contribution < 1.29 is 18.9 Å². The van der Waals surface area contributed by atoms with E-state index in [1.165, 1.54) is 0 Å². The van der Waals surface area contributed by atoms with E-state index in [9.17, 15) is 9.59 Å². The fraction of sp³-hybridized carbons (Fsp3) is 0.800. The highest BCUT2D eigenvalue weighted by molar-refractivity contribution is 6.08. The van der Waals surface area contributed by atoms with E-state index in [2.05, 4.69) is 16.2 Å². The monoisotopic (exact) mass is 218 g/mol. The van der Waals surface area contributed by atoms with Gasteiger partial charge in [-0.3, -0.25) is 9.59 Å². The van der Waals surface area contributed by atoms with Crippen LogP contribution in [0.2, 0.25) is 0 Å². The van der Waals surface area contributed by atoms with Gasteiger partial charge in [-0.05, 0) is 30.6 Å². The Morgan fingerprint density at radius 3 is 2.19 bits per heavy atom. The molecule has 5 atom stereocenters. The van der Waals surface area contributed by atoms with Gasteiger partial charge in [-0.2, -0.15) is 0 Å². The molecule has 0 aromatic rings. The molecule has 2 bridgehead atoms. The summed E-state index contributed by atoms with van der Waals surface area (Å²) in [4.78, 5) is 23.1. The molecule has 82 valence electrons. The lowest BCUT2D eigenvalue weighted by molar-refractivity contribution is -0.153. The lowest BCUT2D eigenvalue weighted by atomic mass is 9.74. The first-order valence-electron chi connectivity index (χ1n) is 5.41. The summed E-state index contributed by atoms with van der Waals surface area (Å²) >= 11 is 0. The molecular formula is C10H12B2O4. The molecule has 4 nitrogen and oxygen atoms in total. The zero-order valence-electron chi connectivity index (χ0n) is 9.09. The van der Waals surface area contributed by atoms with Gasteiger partial charge in [0.1, 0.15) is 0 Å². The fourth-order valence-electron chi connectivity index (χ4n) is 3.50. The van der Waals surface area contributed by atoms with Crippen molar-refractivity contribution in [3.63, 3.8) is 0 Å². The summed E-state index contributed by atoms with van der Waals surface area (Å²) < 4.78 is 8.53. The average molecular weight is 218 g/mol. The van der Waals surface area contributed by atoms with Crippen LogP contribution in [-0.4, -0.2) is 28.0 Å². The van der Waals surface area contributed by atoms with E-state index in [0.29, 0.717) is 5.92 Å². The van der Waals surface area contributed by atoms with Crippen LogP contribution in [-0.2, 0) is 18.9 Å². The third kappa shape index (κ3) is 1.55. The number of carbonyl (C=O) groups excluding carboxylic acids is 2. The van der Waals surface area contributed by atoms with E-state index in [1.54, 1.807) is 0 Å². The number of rotatable bonds is 2. The number of carbonyl (C=O) groups is 2. The molecule has 0 spiro atoms. The third-order valence-electron chi connectivity index (χ3n) is 4.11. The van der Waals surface area contributed by atoms with Crippen LogP contribution in [0.3, 0.4) is 0 Å². The summed E-state index contributed by atoms with van der Waals surface area (Å²) in [5.41, 5.74) is 0. The van der Waals surface area contributed by atoms with Crippen molar-refractivity contribution in [2.24, 2.45) is 29.6 Å². The minimum Gasteiger partial charge on any atom is -0.543 e. The minimum atomic E-state index is -0.533. The fourth-order valence-corrected chi connectivity index (χ4v) is 3.50. The first kappa shape index (κ1) is 11.6. The summed E-state index contributed by atoms with van der Waals surface area (Å²) in [5.74, 6) is -1.30. The molecule has 2 aliphatic carbocycles. The topological polar surface area (TPSA) is 52.6 Å². The van der Waals surface area contributed by atoms with Crippen molar-refractivity contribution in [2.45, 2.75) is 19.8 Å². The van der Waals surface area contributed by atoms with Crippen LogP contribution in [0.25, 0.3) is 0 Å². The standard InChI is InChI=1S/C10H12B2O4/c1-4-2-5-3-6(4)8(10(14)16-12)7(5)9(13)15-11/h4-8H,2-3H2,1H3. The molecule has 2 aliphatic rings. The quantitative estimate of drug-likeness (QED) is 0.618. The average Bonchev–Trinajstić information content (AvgIpc) is 2.82. The smallest absolute Gasteiger partial charge is 0.378 e. The van der Waals surface area contributed by atoms with Crippen molar-refractivity contribution in [3.05, 3.63) is 0 Å². The van der Waals surface area contributed by atoms with Gasteiger partial charge < -0.3 is 9.31 Å². The summed E-state index contributed by atoms with van der Waals surface area (Å²) in [6.07, 6.45) is 1.78. The van der Waals surface area contributed by atoms with Crippen molar-refractivity contribution in [3.8, 4) is 0 Å². The molecule has 4 radical (unpaired) electrons. The molecule has 2 rings (SSSR count). The Morgan fingerprint density at radius 2 is 1.62 bits per heavy atom. The maximum Gasteiger partial charge on any atom is 0.378 e. The SMILES string of the molecule is [B]OC(=O)C1C2CC(C)C(C2)C1C(=O)O[B]. The Kier molecular flexibility index (Phi) is 3.00. The highest BCUT2D eigenvalue weighted by Gasteiger charge is 2.57. The van der Waals surface area contributed by atoms with Crippen molar-refractivity contribution in [1.29, 1.82) is 0 Å². The van der Waals surface area contributed by atoms with E-state index in [-0.39, 0.29) is 11.8 Å². The predicted octanol–water partition coefficient (Wildman–Crippen LogP) is 0.148. The highest BCUT2D eigenvalue weighted by Crippen LogP contribution is 2.55. The van der Waals surface area contributed by atoms with E-state index < -0.39 is 23.8 Å². The predicted molar refractivity (Wildman–Crippen MR) is 56.1 cm³/mol. The normalized spacial score (nSPS) is 40.7. The van der Waals surface area contributed by atoms with Crippen LogP contribution in [0, 0.1) is 29.6 Å². The van der Waals surface area contributed by atoms with Gasteiger partial charge in [-0.15, -0.1) is 0 Å². The lowest BCUT2D eigenvalue weighted by Crippen LogP contribution is -2.38. The van der Waals surface area contributed by atoms with Gasteiger partial charge in [0.2, 0.25) is 0 Å². The van der Waals surface area contributed by atoms with E-state index >= 15 is 0 Å². The van der Waals surface area contributed by atoms with Gasteiger partial charge in [0, 0.05) is 0 Å². The van der Waals surface area contributed by atoms with Gasteiger partial charge >= 0.3 is 16.1 Å². The molecular weight excluding hydrogens is 206 g/mol. The summed E-state index contributed by atoms with van der Waals surface area (Å²) in [5, 5.41) is 0. The Labute approximate surface area is 96.9 Å². The highest BCUT2D eigenvalue weighted by atomic mass is 16.5. The maximum atomic E-state index is 11.6. The Balaban J connectivity index is 2.24. The lowest BCUT2D eigenvalue weighted by Gasteiger charge is -2.31. The Morgan fingerprint density at radius 1 is 1.06 bits per heavy atom. The minimum absolute atomic E-state index is 0.158. The molecule has 5 unspecified atom stereocenters. The van der Waals surface area contributed by atoms with Gasteiger partial charge in [-0.1, -0.05) is 6.92 Å². The van der Waals surface area contributed by atoms with Crippen LogP contribution >= 0.6 is 0 Å². The van der Waals surface area contributed by atoms with Gasteiger partial charge in [0.25, 0.3) is 11.9 Å². The molecule has 0 amide bonds. The van der Waals surface area contributed by atoms with Crippen molar-refractivity contribution >= 4 is 28.0 Å². The molecule has 0 heterocycles. The molecule has 0 aliphatic heterocycles. The Bertz CT molecular complexity index is 320. The van der Waals surface area contributed by atoms with Crippen LogP contribution in [0.5, 0.6) is 0 Å². The summed E-state index contributed by atoms with van der Waals surface area (Å²) in [6, 6.07) is 0. The largest absolute Gasteiger partial charge is 0.543 e. The molecule has 6 heteroatoms. The molecule has 2 saturated carbocycles. The van der Waals surface area contributed by atoms with Crippen LogP contribution in [0.1, 0.15) is 19.8 Å². The van der Waals surface area contributed by atoms with E-state index in [4.69, 9.17) is 16.1 Å². The second kappa shape index (κ2) is 4.15. The number of hydrogen-bond donors (Lipinski definition) is 0. The molecule has 0 N–H and O–H groups in total.